The lowest BCUT2D eigenvalue weighted by Gasteiger charge is -2.29. The fourth-order valence-electron chi connectivity index (χ4n) is 3.83. The Bertz CT molecular complexity index is 442. The lowest BCUT2D eigenvalue weighted by atomic mass is 9.95. The molecule has 1 aromatic carbocycles. The Kier molecular flexibility index (Phi) is 3.74. The monoisotopic (exact) mass is 263 g/mol. The minimum absolute atomic E-state index is 0.167. The third kappa shape index (κ3) is 2.62. The molecule has 2 nitrogen and oxygen atoms in total. The molecule has 0 amide bonds. The van der Waals surface area contributed by atoms with Gasteiger partial charge in [-0.2, -0.15) is 0 Å². The van der Waals surface area contributed by atoms with Crippen LogP contribution in [0.15, 0.2) is 18.2 Å². The van der Waals surface area contributed by atoms with E-state index in [4.69, 9.17) is 0 Å². The zero-order valence-electron chi connectivity index (χ0n) is 11.3. The molecule has 1 aliphatic carbocycles. The normalized spacial score (nSPS) is 25.2. The van der Waals surface area contributed by atoms with Gasteiger partial charge in [0.1, 0.15) is 0 Å². The summed E-state index contributed by atoms with van der Waals surface area (Å²) in [6.45, 7) is 1.77. The van der Waals surface area contributed by atoms with Crippen molar-refractivity contribution >= 4 is 0 Å². The SMILES string of the molecule is Oc1c(F)cccc1CN1CCCC1C1CCCC1. The van der Waals surface area contributed by atoms with Crippen molar-refractivity contribution in [1.29, 1.82) is 0 Å². The number of nitrogens with zero attached hydrogens (tertiary/aromatic N) is 1. The molecular formula is C16H22FNO. The van der Waals surface area contributed by atoms with Crippen molar-refractivity contribution in [1.82, 2.24) is 4.90 Å². The summed E-state index contributed by atoms with van der Waals surface area (Å²) in [5.41, 5.74) is 0.727. The van der Waals surface area contributed by atoms with Crippen LogP contribution in [0.2, 0.25) is 0 Å². The first-order valence-electron chi connectivity index (χ1n) is 7.46. The summed E-state index contributed by atoms with van der Waals surface area (Å²) in [5.74, 6) is 0.145. The number of benzene rings is 1. The van der Waals surface area contributed by atoms with Crippen LogP contribution in [0.5, 0.6) is 5.75 Å². The van der Waals surface area contributed by atoms with Crippen LogP contribution in [-0.4, -0.2) is 22.6 Å². The first kappa shape index (κ1) is 12.9. The molecule has 0 aromatic heterocycles. The van der Waals surface area contributed by atoms with E-state index in [1.807, 2.05) is 6.07 Å². The Hall–Kier alpha value is -1.09. The number of hydrogen-bond acceptors (Lipinski definition) is 2. The van der Waals surface area contributed by atoms with Crippen molar-refractivity contribution in [3.63, 3.8) is 0 Å². The van der Waals surface area contributed by atoms with Gasteiger partial charge >= 0.3 is 0 Å². The largest absolute Gasteiger partial charge is 0.505 e. The standard InChI is InChI=1S/C16H22FNO/c17-14-8-3-7-13(16(14)19)11-18-10-4-9-15(18)12-5-1-2-6-12/h3,7-8,12,15,19H,1-2,4-6,9-11H2. The Morgan fingerprint density at radius 1 is 1.16 bits per heavy atom. The maximum Gasteiger partial charge on any atom is 0.165 e. The maximum absolute atomic E-state index is 13.4. The van der Waals surface area contributed by atoms with Crippen LogP contribution in [-0.2, 0) is 6.54 Å². The topological polar surface area (TPSA) is 23.5 Å². The van der Waals surface area contributed by atoms with E-state index in [-0.39, 0.29) is 5.75 Å². The van der Waals surface area contributed by atoms with Crippen LogP contribution >= 0.6 is 0 Å². The van der Waals surface area contributed by atoms with Gasteiger partial charge in [-0.3, -0.25) is 4.90 Å². The van der Waals surface area contributed by atoms with E-state index in [2.05, 4.69) is 4.90 Å². The van der Waals surface area contributed by atoms with Crippen molar-refractivity contribution in [3.05, 3.63) is 29.6 Å². The van der Waals surface area contributed by atoms with Crippen LogP contribution in [0.3, 0.4) is 0 Å². The first-order valence-corrected chi connectivity index (χ1v) is 7.46. The Morgan fingerprint density at radius 2 is 1.95 bits per heavy atom. The summed E-state index contributed by atoms with van der Waals surface area (Å²) >= 11 is 0. The van der Waals surface area contributed by atoms with Crippen LogP contribution in [0.1, 0.15) is 44.1 Å². The molecule has 1 atom stereocenters. The number of hydrogen-bond donors (Lipinski definition) is 1. The maximum atomic E-state index is 13.4. The molecule has 1 heterocycles. The molecule has 2 aliphatic rings. The van der Waals surface area contributed by atoms with E-state index in [9.17, 15) is 9.50 Å². The Labute approximate surface area is 114 Å². The number of rotatable bonds is 3. The minimum atomic E-state index is -0.505. The highest BCUT2D eigenvalue weighted by Gasteiger charge is 2.33. The lowest BCUT2D eigenvalue weighted by molar-refractivity contribution is 0.181. The second-order valence-electron chi connectivity index (χ2n) is 5.97. The summed E-state index contributed by atoms with van der Waals surface area (Å²) < 4.78 is 13.4. The molecule has 0 bridgehead atoms. The number of phenolic OH excluding ortho intramolecular Hbond substituents is 1. The molecule has 0 radical (unpaired) electrons. The quantitative estimate of drug-likeness (QED) is 0.899. The molecule has 1 unspecified atom stereocenters. The third-order valence-electron chi connectivity index (χ3n) is 4.80. The van der Waals surface area contributed by atoms with E-state index < -0.39 is 5.82 Å². The molecule has 3 heteroatoms. The van der Waals surface area contributed by atoms with Crippen LogP contribution in [0, 0.1) is 11.7 Å². The number of likely N-dealkylation sites (tertiary alicyclic amines) is 1. The van der Waals surface area contributed by atoms with Crippen LogP contribution in [0.25, 0.3) is 0 Å². The van der Waals surface area contributed by atoms with E-state index in [1.54, 1.807) is 6.07 Å². The van der Waals surface area contributed by atoms with Gasteiger partial charge in [0.15, 0.2) is 11.6 Å². The number of aromatic hydroxyl groups is 1. The van der Waals surface area contributed by atoms with Crippen molar-refractivity contribution in [3.8, 4) is 5.75 Å². The van der Waals surface area contributed by atoms with Gasteiger partial charge in [-0.25, -0.2) is 4.39 Å². The van der Waals surface area contributed by atoms with E-state index in [0.29, 0.717) is 12.6 Å². The molecule has 1 saturated heterocycles. The predicted molar refractivity (Wildman–Crippen MR) is 73.5 cm³/mol. The molecule has 104 valence electrons. The van der Waals surface area contributed by atoms with Crippen molar-refractivity contribution in [2.24, 2.45) is 5.92 Å². The number of halogens is 1. The highest BCUT2D eigenvalue weighted by Crippen LogP contribution is 2.36. The molecule has 0 spiro atoms. The second-order valence-corrected chi connectivity index (χ2v) is 5.97. The summed E-state index contributed by atoms with van der Waals surface area (Å²) in [6, 6.07) is 5.48. The number of phenols is 1. The molecule has 1 saturated carbocycles. The van der Waals surface area contributed by atoms with Gasteiger partial charge in [-0.15, -0.1) is 0 Å². The Morgan fingerprint density at radius 3 is 2.74 bits per heavy atom. The van der Waals surface area contributed by atoms with Crippen LogP contribution < -0.4 is 0 Å². The summed E-state index contributed by atoms with van der Waals surface area (Å²) in [6.07, 6.45) is 7.91. The van der Waals surface area contributed by atoms with Crippen molar-refractivity contribution in [2.75, 3.05) is 6.54 Å². The number of para-hydroxylation sites is 1. The lowest BCUT2D eigenvalue weighted by Crippen LogP contribution is -2.34. The first-order chi connectivity index (χ1) is 9.25. The minimum Gasteiger partial charge on any atom is -0.505 e. The predicted octanol–water partition coefficient (Wildman–Crippen LogP) is 3.69. The summed E-state index contributed by atoms with van der Waals surface area (Å²) in [5, 5.41) is 9.81. The summed E-state index contributed by atoms with van der Waals surface area (Å²) in [7, 11) is 0. The second kappa shape index (κ2) is 5.49. The molecule has 2 fully saturated rings. The van der Waals surface area contributed by atoms with Gasteiger partial charge in [0, 0.05) is 18.2 Å². The van der Waals surface area contributed by atoms with Gasteiger partial charge in [0.05, 0.1) is 0 Å². The zero-order valence-corrected chi connectivity index (χ0v) is 11.3. The molecule has 3 rings (SSSR count). The Balaban J connectivity index is 1.72. The van der Waals surface area contributed by atoms with Gasteiger partial charge in [-0.1, -0.05) is 25.0 Å². The highest BCUT2D eigenvalue weighted by atomic mass is 19.1. The van der Waals surface area contributed by atoms with Gasteiger partial charge in [-0.05, 0) is 44.2 Å². The average molecular weight is 263 g/mol. The smallest absolute Gasteiger partial charge is 0.165 e. The zero-order chi connectivity index (χ0) is 13.2. The fraction of sp³-hybridized carbons (Fsp3) is 0.625. The van der Waals surface area contributed by atoms with E-state index in [1.165, 1.54) is 44.6 Å². The highest BCUT2D eigenvalue weighted by molar-refractivity contribution is 5.33. The van der Waals surface area contributed by atoms with E-state index >= 15 is 0 Å². The molecule has 19 heavy (non-hydrogen) atoms. The van der Waals surface area contributed by atoms with Gasteiger partial charge in [0.2, 0.25) is 0 Å². The third-order valence-corrected chi connectivity index (χ3v) is 4.80. The van der Waals surface area contributed by atoms with Gasteiger partial charge < -0.3 is 5.11 Å². The molecule has 1 aromatic rings. The molecule has 1 aliphatic heterocycles. The van der Waals surface area contributed by atoms with Crippen molar-refractivity contribution < 1.29 is 9.50 Å². The molecule has 1 N–H and O–H groups in total. The molecular weight excluding hydrogens is 241 g/mol. The summed E-state index contributed by atoms with van der Waals surface area (Å²) in [4.78, 5) is 2.45. The van der Waals surface area contributed by atoms with Crippen molar-refractivity contribution in [2.45, 2.75) is 51.1 Å². The average Bonchev–Trinajstić information content (AvgIpc) is 3.05. The fourth-order valence-corrected chi connectivity index (χ4v) is 3.83. The van der Waals surface area contributed by atoms with Gasteiger partial charge in [0.25, 0.3) is 0 Å². The van der Waals surface area contributed by atoms with E-state index in [0.717, 1.165) is 18.0 Å². The van der Waals surface area contributed by atoms with Crippen LogP contribution in [0.4, 0.5) is 4.39 Å².